The van der Waals surface area contributed by atoms with Crippen LogP contribution in [0.15, 0.2) is 0 Å². The fraction of sp³-hybridized carbons (Fsp3) is 0.929. The first kappa shape index (κ1) is 47.9. The molecule has 6 nitrogen and oxygen atoms in total. The van der Waals surface area contributed by atoms with Crippen molar-refractivity contribution in [1.29, 1.82) is 0 Å². The summed E-state index contributed by atoms with van der Waals surface area (Å²) >= 11 is 0. The Balaban J connectivity index is 0.000000698. The Morgan fingerprint density at radius 3 is 0.796 bits per heavy atom. The molecule has 3 aliphatic rings. The van der Waals surface area contributed by atoms with E-state index in [1.54, 1.807) is 0 Å². The molecule has 0 radical (unpaired) electrons. The zero-order valence-electron chi connectivity index (χ0n) is 33.8. The Morgan fingerprint density at radius 2 is 0.653 bits per heavy atom. The summed E-state index contributed by atoms with van der Waals surface area (Å²) in [4.78, 5) is 34.6. The van der Waals surface area contributed by atoms with Crippen LogP contribution >= 0.6 is 0 Å². The molecule has 3 fully saturated rings. The molecule has 0 aromatic carbocycles. The minimum atomic E-state index is -0.802. The van der Waals surface area contributed by atoms with E-state index in [9.17, 15) is 29.7 Å². The molecule has 7 heteroatoms. The Labute approximate surface area is 312 Å². The predicted octanol–water partition coefficient (Wildman–Crippen LogP) is 7.46. The van der Waals surface area contributed by atoms with E-state index in [1.165, 1.54) is 0 Å². The van der Waals surface area contributed by atoms with Gasteiger partial charge in [-0.05, 0) is 130 Å². The Kier molecular flexibility index (Phi) is 21.0. The van der Waals surface area contributed by atoms with Gasteiger partial charge in [-0.1, -0.05) is 102 Å². The smallest absolute Gasteiger partial charge is 0.550 e. The van der Waals surface area contributed by atoms with Crippen molar-refractivity contribution in [3.8, 4) is 0 Å². The van der Waals surface area contributed by atoms with Crippen molar-refractivity contribution in [2.24, 2.45) is 69.5 Å². The maximum atomic E-state index is 11.5. The molecule has 6 unspecified atom stereocenters. The van der Waals surface area contributed by atoms with E-state index in [0.717, 1.165) is 96.3 Å². The molecule has 0 aliphatic heterocycles. The van der Waals surface area contributed by atoms with Crippen LogP contribution in [0, 0.1) is 69.5 Å². The summed E-state index contributed by atoms with van der Waals surface area (Å²) in [6.07, 6.45) is 14.3. The van der Waals surface area contributed by atoms with Crippen LogP contribution in [-0.4, -0.2) is 35.3 Å². The van der Waals surface area contributed by atoms with E-state index < -0.39 is 34.2 Å². The van der Waals surface area contributed by atoms with Crippen LogP contribution in [0.5, 0.6) is 0 Å². The molecule has 0 amide bonds. The Hall–Kier alpha value is -1.06. The molecule has 3 aliphatic carbocycles. The monoisotopic (exact) mass is 703 g/mol. The van der Waals surface area contributed by atoms with Crippen LogP contribution in [-0.2, 0) is 14.4 Å². The van der Waals surface area contributed by atoms with Gasteiger partial charge in [-0.15, -0.1) is 0 Å². The van der Waals surface area contributed by atoms with Gasteiger partial charge in [-0.2, -0.15) is 0 Å². The molecule has 0 spiro atoms. The van der Waals surface area contributed by atoms with Crippen LogP contribution in [0.2, 0.25) is 0 Å². The molecular formula is C42H75AlO6. The fourth-order valence-electron chi connectivity index (χ4n) is 10.2. The van der Waals surface area contributed by atoms with Crippen molar-refractivity contribution in [2.45, 2.75) is 179 Å². The van der Waals surface area contributed by atoms with Gasteiger partial charge in [0.2, 0.25) is 0 Å². The van der Waals surface area contributed by atoms with Gasteiger partial charge in [0, 0.05) is 34.2 Å². The van der Waals surface area contributed by atoms with E-state index in [-0.39, 0.29) is 17.4 Å². The average Bonchev–Trinajstić information content (AvgIpc) is 3.62. The van der Waals surface area contributed by atoms with E-state index in [2.05, 4.69) is 83.1 Å². The third-order valence-corrected chi connectivity index (χ3v) is 11.7. The maximum Gasteiger partial charge on any atom is 3.00 e. The zero-order chi connectivity index (χ0) is 37.0. The molecule has 6 atom stereocenters. The van der Waals surface area contributed by atoms with Crippen LogP contribution in [0.4, 0.5) is 0 Å². The quantitative estimate of drug-likeness (QED) is 0.163. The number of carboxylic acid groups (broad SMARTS) is 3. The Morgan fingerprint density at radius 1 is 0.449 bits per heavy atom. The molecule has 0 bridgehead atoms. The van der Waals surface area contributed by atoms with Crippen molar-refractivity contribution in [3.05, 3.63) is 0 Å². The van der Waals surface area contributed by atoms with Crippen molar-refractivity contribution in [3.63, 3.8) is 0 Å². The minimum Gasteiger partial charge on any atom is -0.550 e. The zero-order valence-corrected chi connectivity index (χ0v) is 35.0. The number of hydrogen-bond donors (Lipinski definition) is 0. The summed E-state index contributed by atoms with van der Waals surface area (Å²) < 4.78 is 0. The van der Waals surface area contributed by atoms with Gasteiger partial charge >= 0.3 is 17.4 Å². The second-order valence-electron chi connectivity index (χ2n) is 18.8. The summed E-state index contributed by atoms with van der Waals surface area (Å²) in [5.74, 6) is 1.64. The molecule has 0 saturated heterocycles. The fourth-order valence-corrected chi connectivity index (χ4v) is 10.2. The maximum absolute atomic E-state index is 11.5. The van der Waals surface area contributed by atoms with Crippen LogP contribution < -0.4 is 15.3 Å². The van der Waals surface area contributed by atoms with Crippen molar-refractivity contribution >= 4 is 35.3 Å². The summed E-state index contributed by atoms with van der Waals surface area (Å²) in [7, 11) is 0. The van der Waals surface area contributed by atoms with E-state index >= 15 is 0 Å². The first-order chi connectivity index (χ1) is 22.1. The second-order valence-corrected chi connectivity index (χ2v) is 18.8. The van der Waals surface area contributed by atoms with Gasteiger partial charge in [0.25, 0.3) is 0 Å². The number of aliphatic carboxylic acids is 3. The molecule has 0 heterocycles. The summed E-state index contributed by atoms with van der Waals surface area (Å²) in [5.41, 5.74) is -1.59. The van der Waals surface area contributed by atoms with Crippen LogP contribution in [0.25, 0.3) is 0 Å². The van der Waals surface area contributed by atoms with Gasteiger partial charge in [0.1, 0.15) is 0 Å². The molecule has 49 heavy (non-hydrogen) atoms. The topological polar surface area (TPSA) is 120 Å². The van der Waals surface area contributed by atoms with Gasteiger partial charge in [0.15, 0.2) is 0 Å². The van der Waals surface area contributed by atoms with Gasteiger partial charge in [-0.25, -0.2) is 0 Å². The largest absolute Gasteiger partial charge is 3.00 e. The predicted molar refractivity (Wildman–Crippen MR) is 197 cm³/mol. The summed E-state index contributed by atoms with van der Waals surface area (Å²) in [6, 6.07) is 0. The van der Waals surface area contributed by atoms with Crippen molar-refractivity contribution in [1.82, 2.24) is 0 Å². The van der Waals surface area contributed by atoms with Crippen molar-refractivity contribution < 1.29 is 29.7 Å². The number of carboxylic acids is 3. The molecule has 0 N–H and O–H groups in total. The number of carbonyl (C=O) groups excluding carboxylic acids is 3. The van der Waals surface area contributed by atoms with Crippen molar-refractivity contribution in [2.75, 3.05) is 0 Å². The van der Waals surface area contributed by atoms with E-state index in [1.807, 2.05) is 0 Å². The van der Waals surface area contributed by atoms with Gasteiger partial charge in [0.05, 0.1) is 0 Å². The second kappa shape index (κ2) is 21.5. The third-order valence-electron chi connectivity index (χ3n) is 11.7. The SMILES string of the molecule is CC(C)CC1CCCC1(CC(C)C)C(=O)[O-].CC(C)CC1CCCC1(CC(C)C)C(=O)[O-].CC(C)CC1CCCC1(CC(C)C)C(=O)[O-].[Al+3]. The molecule has 0 aromatic rings. The Bertz CT molecular complexity index is 866. The number of carbonyl (C=O) groups is 3. The van der Waals surface area contributed by atoms with Gasteiger partial charge < -0.3 is 29.7 Å². The minimum absolute atomic E-state index is 0. The van der Waals surface area contributed by atoms with Gasteiger partial charge in [-0.3, -0.25) is 0 Å². The normalized spacial score (nSPS) is 29.6. The van der Waals surface area contributed by atoms with Crippen LogP contribution in [0.3, 0.4) is 0 Å². The third kappa shape index (κ3) is 13.8. The molecule has 3 saturated carbocycles. The van der Waals surface area contributed by atoms with Crippen LogP contribution in [0.1, 0.15) is 179 Å². The molecule has 0 aromatic heterocycles. The molecule has 3 rings (SSSR count). The summed E-state index contributed by atoms with van der Waals surface area (Å²) in [6.45, 7) is 25.7. The molecular weight excluding hydrogens is 627 g/mol. The molecule has 282 valence electrons. The average molecular weight is 703 g/mol. The number of hydrogen-bond acceptors (Lipinski definition) is 6. The first-order valence-corrected chi connectivity index (χ1v) is 19.8. The first-order valence-electron chi connectivity index (χ1n) is 19.8. The number of rotatable bonds is 15. The van der Waals surface area contributed by atoms with E-state index in [4.69, 9.17) is 0 Å². The van der Waals surface area contributed by atoms with E-state index in [0.29, 0.717) is 53.3 Å². The standard InChI is InChI=1S/3C14H26O2.Al/c3*1-10(2)8-12-6-5-7-14(12,13(15)16)9-11(3)4;/h3*10-12H,5-9H2,1-4H3,(H,15,16);/q;;;+3/p-3. The summed E-state index contributed by atoms with van der Waals surface area (Å²) in [5, 5.41) is 34.6.